The molecule has 18 heavy (non-hydrogen) atoms. The van der Waals surface area contributed by atoms with E-state index in [0.29, 0.717) is 10.4 Å². The van der Waals surface area contributed by atoms with Crippen molar-refractivity contribution in [3.05, 3.63) is 57.8 Å². The van der Waals surface area contributed by atoms with Gasteiger partial charge in [-0.25, -0.2) is 4.79 Å². The molecule has 0 saturated heterocycles. The van der Waals surface area contributed by atoms with Gasteiger partial charge in [-0.1, -0.05) is 18.2 Å². The van der Waals surface area contributed by atoms with Crippen LogP contribution in [0, 0.1) is 0 Å². The van der Waals surface area contributed by atoms with Gasteiger partial charge in [-0.3, -0.25) is 4.79 Å². The van der Waals surface area contributed by atoms with E-state index in [1.54, 1.807) is 36.4 Å². The molecule has 5 heteroatoms. The number of thiophene rings is 1. The van der Waals surface area contributed by atoms with Gasteiger partial charge in [0, 0.05) is 5.56 Å². The highest BCUT2D eigenvalue weighted by Gasteiger charge is 2.08. The molecule has 0 unspecified atom stereocenters. The minimum Gasteiger partial charge on any atom is -0.457 e. The van der Waals surface area contributed by atoms with Gasteiger partial charge in [-0.05, 0) is 29.1 Å². The SMILES string of the molecule is NC(=O)c1ccc(COC(=O)c2cccs2)cc1. The van der Waals surface area contributed by atoms with Gasteiger partial charge in [-0.15, -0.1) is 11.3 Å². The van der Waals surface area contributed by atoms with Gasteiger partial charge in [0.05, 0.1) is 0 Å². The Bertz CT molecular complexity index is 546. The van der Waals surface area contributed by atoms with Crippen LogP contribution < -0.4 is 5.73 Å². The molecule has 0 bridgehead atoms. The lowest BCUT2D eigenvalue weighted by atomic mass is 10.1. The van der Waals surface area contributed by atoms with Crippen LogP contribution in [0.4, 0.5) is 0 Å². The van der Waals surface area contributed by atoms with Gasteiger partial charge in [0.1, 0.15) is 11.5 Å². The standard InChI is InChI=1S/C13H11NO3S/c14-12(15)10-5-3-9(4-6-10)8-17-13(16)11-2-1-7-18-11/h1-7H,8H2,(H2,14,15). The zero-order valence-corrected chi connectivity index (χ0v) is 10.3. The summed E-state index contributed by atoms with van der Waals surface area (Å²) in [7, 11) is 0. The molecule has 0 spiro atoms. The second-order valence-corrected chi connectivity index (χ2v) is 4.56. The lowest BCUT2D eigenvalue weighted by molar-refractivity contribution is 0.0478. The van der Waals surface area contributed by atoms with E-state index in [9.17, 15) is 9.59 Å². The highest BCUT2D eigenvalue weighted by Crippen LogP contribution is 2.12. The van der Waals surface area contributed by atoms with Crippen molar-refractivity contribution in [1.82, 2.24) is 0 Å². The van der Waals surface area contributed by atoms with Gasteiger partial charge >= 0.3 is 5.97 Å². The van der Waals surface area contributed by atoms with Gasteiger partial charge in [0.15, 0.2) is 0 Å². The Morgan fingerprint density at radius 1 is 1.17 bits per heavy atom. The van der Waals surface area contributed by atoms with Gasteiger partial charge in [-0.2, -0.15) is 0 Å². The molecule has 2 aromatic rings. The van der Waals surface area contributed by atoms with Gasteiger partial charge in [0.2, 0.25) is 5.91 Å². The number of rotatable bonds is 4. The van der Waals surface area contributed by atoms with E-state index < -0.39 is 5.91 Å². The first-order chi connectivity index (χ1) is 8.66. The molecule has 0 aliphatic heterocycles. The third kappa shape index (κ3) is 2.95. The van der Waals surface area contributed by atoms with E-state index in [2.05, 4.69) is 0 Å². The smallest absolute Gasteiger partial charge is 0.348 e. The molecule has 92 valence electrons. The van der Waals surface area contributed by atoms with Crippen molar-refractivity contribution in [2.24, 2.45) is 5.73 Å². The van der Waals surface area contributed by atoms with E-state index in [1.807, 2.05) is 5.38 Å². The molecule has 2 N–H and O–H groups in total. The van der Waals surface area contributed by atoms with Crippen LogP contribution >= 0.6 is 11.3 Å². The second kappa shape index (κ2) is 5.46. The third-order valence-electron chi connectivity index (χ3n) is 2.33. The predicted octanol–water partition coefficient (Wildman–Crippen LogP) is 2.20. The van der Waals surface area contributed by atoms with Crippen LogP contribution in [-0.2, 0) is 11.3 Å². The van der Waals surface area contributed by atoms with Crippen LogP contribution in [0.25, 0.3) is 0 Å². The zero-order valence-electron chi connectivity index (χ0n) is 9.46. The maximum absolute atomic E-state index is 11.6. The number of nitrogens with two attached hydrogens (primary N) is 1. The zero-order chi connectivity index (χ0) is 13.0. The Morgan fingerprint density at radius 3 is 2.44 bits per heavy atom. The van der Waals surface area contributed by atoms with Crippen LogP contribution in [0.2, 0.25) is 0 Å². The Hall–Kier alpha value is -2.14. The topological polar surface area (TPSA) is 69.4 Å². The normalized spacial score (nSPS) is 10.0. The number of hydrogen-bond donors (Lipinski definition) is 1. The van der Waals surface area contributed by atoms with Crippen LogP contribution in [0.15, 0.2) is 41.8 Å². The Labute approximate surface area is 108 Å². The van der Waals surface area contributed by atoms with Gasteiger partial charge < -0.3 is 10.5 Å². The van der Waals surface area contributed by atoms with Crippen molar-refractivity contribution in [3.8, 4) is 0 Å². The minimum absolute atomic E-state index is 0.176. The largest absolute Gasteiger partial charge is 0.457 e. The van der Waals surface area contributed by atoms with Crippen LogP contribution in [0.5, 0.6) is 0 Å². The molecule has 1 heterocycles. The molecule has 2 rings (SSSR count). The molecule has 0 atom stereocenters. The summed E-state index contributed by atoms with van der Waals surface area (Å²) in [5.74, 6) is -0.818. The second-order valence-electron chi connectivity index (χ2n) is 3.61. The van der Waals surface area contributed by atoms with Crippen molar-refractivity contribution in [2.45, 2.75) is 6.61 Å². The van der Waals surface area contributed by atoms with E-state index in [4.69, 9.17) is 10.5 Å². The number of carbonyl (C=O) groups is 2. The maximum atomic E-state index is 11.6. The fourth-order valence-corrected chi connectivity index (χ4v) is 2.00. The number of ether oxygens (including phenoxy) is 1. The van der Waals surface area contributed by atoms with Crippen molar-refractivity contribution < 1.29 is 14.3 Å². The monoisotopic (exact) mass is 261 g/mol. The summed E-state index contributed by atoms with van der Waals surface area (Å²) in [6, 6.07) is 10.1. The molecule has 0 aliphatic rings. The number of amides is 1. The fourth-order valence-electron chi connectivity index (χ4n) is 1.38. The minimum atomic E-state index is -0.475. The molecular weight excluding hydrogens is 250 g/mol. The molecule has 0 saturated carbocycles. The summed E-state index contributed by atoms with van der Waals surface area (Å²) < 4.78 is 5.13. The first-order valence-corrected chi connectivity index (χ1v) is 6.14. The molecule has 4 nitrogen and oxygen atoms in total. The first-order valence-electron chi connectivity index (χ1n) is 5.26. The van der Waals surface area contributed by atoms with Crippen LogP contribution in [-0.4, -0.2) is 11.9 Å². The average Bonchev–Trinajstić information content (AvgIpc) is 2.90. The van der Waals surface area contributed by atoms with E-state index in [0.717, 1.165) is 5.56 Å². The van der Waals surface area contributed by atoms with Gasteiger partial charge in [0.25, 0.3) is 0 Å². The molecule has 1 aromatic carbocycles. The molecule has 1 aromatic heterocycles. The van der Waals surface area contributed by atoms with Crippen molar-refractivity contribution in [3.63, 3.8) is 0 Å². The molecule has 0 radical (unpaired) electrons. The lowest BCUT2D eigenvalue weighted by Crippen LogP contribution is -2.10. The number of hydrogen-bond acceptors (Lipinski definition) is 4. The van der Waals surface area contributed by atoms with Crippen LogP contribution in [0.1, 0.15) is 25.6 Å². The summed E-state index contributed by atoms with van der Waals surface area (Å²) in [5.41, 5.74) is 6.37. The van der Waals surface area contributed by atoms with E-state index in [1.165, 1.54) is 11.3 Å². The third-order valence-corrected chi connectivity index (χ3v) is 3.18. The summed E-state index contributed by atoms with van der Waals surface area (Å²) in [6.07, 6.45) is 0. The Balaban J connectivity index is 1.94. The van der Waals surface area contributed by atoms with Crippen molar-refractivity contribution >= 4 is 23.2 Å². The Morgan fingerprint density at radius 2 is 1.89 bits per heavy atom. The number of benzene rings is 1. The highest BCUT2D eigenvalue weighted by molar-refractivity contribution is 7.11. The summed E-state index contributed by atoms with van der Waals surface area (Å²) in [5, 5.41) is 1.82. The van der Waals surface area contributed by atoms with Crippen LogP contribution in [0.3, 0.4) is 0 Å². The fraction of sp³-hybridized carbons (Fsp3) is 0.0769. The number of primary amides is 1. The predicted molar refractivity (Wildman–Crippen MR) is 68.4 cm³/mol. The molecule has 0 fully saturated rings. The van der Waals surface area contributed by atoms with Crippen molar-refractivity contribution in [1.29, 1.82) is 0 Å². The van der Waals surface area contributed by atoms with E-state index >= 15 is 0 Å². The highest BCUT2D eigenvalue weighted by atomic mass is 32.1. The summed E-state index contributed by atoms with van der Waals surface area (Å²) in [4.78, 5) is 23.0. The molecule has 1 amide bonds. The summed E-state index contributed by atoms with van der Waals surface area (Å²) >= 11 is 1.34. The first kappa shape index (κ1) is 12.3. The quantitative estimate of drug-likeness (QED) is 0.858. The average molecular weight is 261 g/mol. The molecule has 0 aliphatic carbocycles. The van der Waals surface area contributed by atoms with E-state index in [-0.39, 0.29) is 12.6 Å². The lowest BCUT2D eigenvalue weighted by Gasteiger charge is -2.04. The maximum Gasteiger partial charge on any atom is 0.348 e. The number of carbonyl (C=O) groups excluding carboxylic acids is 2. The summed E-state index contributed by atoms with van der Waals surface area (Å²) in [6.45, 7) is 0.176. The molecular formula is C13H11NO3S. The number of esters is 1. The van der Waals surface area contributed by atoms with Crippen molar-refractivity contribution in [2.75, 3.05) is 0 Å². The Kier molecular flexibility index (Phi) is 3.74.